The summed E-state index contributed by atoms with van der Waals surface area (Å²) in [7, 11) is -5.32. The minimum atomic E-state index is -5.32. The molecule has 1 fully saturated rings. The number of morpholine rings is 1. The lowest BCUT2D eigenvalue weighted by atomic mass is 10.2. The maximum absolute atomic E-state index is 12.4. The van der Waals surface area contributed by atoms with Gasteiger partial charge in [0.15, 0.2) is 0 Å². The molecule has 118 valence electrons. The molecule has 5 nitrogen and oxygen atoms in total. The first-order chi connectivity index (χ1) is 9.75. The van der Waals surface area contributed by atoms with Crippen molar-refractivity contribution in [2.75, 3.05) is 31.2 Å². The summed E-state index contributed by atoms with van der Waals surface area (Å²) in [6.45, 7) is 1.13. The molecule has 0 amide bonds. The van der Waals surface area contributed by atoms with E-state index in [-0.39, 0.29) is 12.7 Å². The molecule has 0 spiro atoms. The van der Waals surface area contributed by atoms with Gasteiger partial charge in [0.25, 0.3) is 9.84 Å². The van der Waals surface area contributed by atoms with E-state index in [1.165, 1.54) is 12.1 Å². The smallest absolute Gasteiger partial charge is 0.394 e. The second kappa shape index (κ2) is 5.82. The summed E-state index contributed by atoms with van der Waals surface area (Å²) in [4.78, 5) is 1.03. The van der Waals surface area contributed by atoms with Crippen LogP contribution in [0.2, 0.25) is 0 Å². The van der Waals surface area contributed by atoms with E-state index < -0.39 is 20.2 Å². The van der Waals surface area contributed by atoms with Gasteiger partial charge in [0.1, 0.15) is 0 Å². The molecular formula is C12H14F3NO4S. The molecule has 0 saturated carbocycles. The van der Waals surface area contributed by atoms with Gasteiger partial charge in [-0.3, -0.25) is 0 Å². The van der Waals surface area contributed by atoms with E-state index in [4.69, 9.17) is 9.84 Å². The number of halogens is 3. The Morgan fingerprint density at radius 3 is 2.43 bits per heavy atom. The van der Waals surface area contributed by atoms with Crippen LogP contribution in [-0.2, 0) is 14.6 Å². The van der Waals surface area contributed by atoms with Crippen molar-refractivity contribution in [3.05, 3.63) is 24.3 Å². The van der Waals surface area contributed by atoms with Crippen LogP contribution in [-0.4, -0.2) is 51.4 Å². The summed E-state index contributed by atoms with van der Waals surface area (Å²) in [5.74, 6) is 0. The number of hydrogen-bond donors (Lipinski definition) is 1. The number of alkyl halides is 3. The number of sulfone groups is 1. The average Bonchev–Trinajstić information content (AvgIpc) is 2.46. The van der Waals surface area contributed by atoms with Crippen LogP contribution in [0.1, 0.15) is 0 Å². The summed E-state index contributed by atoms with van der Waals surface area (Å²) in [5.41, 5.74) is -4.73. The molecule has 0 radical (unpaired) electrons. The summed E-state index contributed by atoms with van der Waals surface area (Å²) in [6.07, 6.45) is -0.364. The Kier molecular flexibility index (Phi) is 4.45. The highest BCUT2D eigenvalue weighted by Gasteiger charge is 2.46. The molecule has 1 atom stereocenters. The van der Waals surface area contributed by atoms with E-state index >= 15 is 0 Å². The van der Waals surface area contributed by atoms with Crippen molar-refractivity contribution in [3.8, 4) is 0 Å². The van der Waals surface area contributed by atoms with Gasteiger partial charge < -0.3 is 14.7 Å². The normalized spacial score (nSPS) is 20.6. The minimum absolute atomic E-state index is 0.156. The van der Waals surface area contributed by atoms with Crippen LogP contribution in [0, 0.1) is 0 Å². The predicted molar refractivity (Wildman–Crippen MR) is 68.7 cm³/mol. The maximum Gasteiger partial charge on any atom is 0.501 e. The number of aliphatic hydroxyl groups excluding tert-OH is 1. The van der Waals surface area contributed by atoms with Gasteiger partial charge >= 0.3 is 5.51 Å². The number of ether oxygens (including phenoxy) is 1. The van der Waals surface area contributed by atoms with E-state index in [0.29, 0.717) is 25.4 Å². The second-order valence-electron chi connectivity index (χ2n) is 4.56. The molecule has 2 rings (SSSR count). The Labute approximate surface area is 119 Å². The van der Waals surface area contributed by atoms with E-state index in [1.807, 2.05) is 4.90 Å². The van der Waals surface area contributed by atoms with Crippen molar-refractivity contribution < 1.29 is 31.4 Å². The van der Waals surface area contributed by atoms with Gasteiger partial charge in [-0.1, -0.05) is 0 Å². The first kappa shape index (κ1) is 16.1. The van der Waals surface area contributed by atoms with Gasteiger partial charge in [-0.15, -0.1) is 0 Å². The predicted octanol–water partition coefficient (Wildman–Crippen LogP) is 1.18. The molecule has 0 bridgehead atoms. The molecular weight excluding hydrogens is 311 g/mol. The van der Waals surface area contributed by atoms with Crippen LogP contribution in [0.3, 0.4) is 0 Å². The summed E-state index contributed by atoms with van der Waals surface area (Å²) < 4.78 is 65.0. The standard InChI is InChI=1S/C12H14F3NO4S/c13-12(14,15)21(18,19)11-3-1-9(2-4-11)16-5-6-20-10(7-16)8-17/h1-4,10,17H,5-8H2. The Bertz CT molecular complexity index is 586. The van der Waals surface area contributed by atoms with Crippen LogP contribution in [0.4, 0.5) is 18.9 Å². The lowest BCUT2D eigenvalue weighted by Gasteiger charge is -2.33. The summed E-state index contributed by atoms with van der Waals surface area (Å²) in [5, 5.41) is 9.04. The molecule has 1 aromatic rings. The SMILES string of the molecule is O=S(=O)(c1ccc(N2CCOC(CO)C2)cc1)C(F)(F)F. The van der Waals surface area contributed by atoms with Crippen LogP contribution >= 0.6 is 0 Å². The number of aliphatic hydroxyl groups is 1. The van der Waals surface area contributed by atoms with Crippen molar-refractivity contribution in [3.63, 3.8) is 0 Å². The van der Waals surface area contributed by atoms with Gasteiger partial charge in [-0.05, 0) is 24.3 Å². The number of hydrogen-bond acceptors (Lipinski definition) is 5. The maximum atomic E-state index is 12.4. The van der Waals surface area contributed by atoms with Gasteiger partial charge in [-0.2, -0.15) is 13.2 Å². The zero-order valence-electron chi connectivity index (χ0n) is 10.9. The molecule has 1 aliphatic rings. The topological polar surface area (TPSA) is 66.8 Å². The molecule has 0 aromatic heterocycles. The second-order valence-corrected chi connectivity index (χ2v) is 6.51. The monoisotopic (exact) mass is 325 g/mol. The lowest BCUT2D eigenvalue weighted by Crippen LogP contribution is -2.44. The third-order valence-electron chi connectivity index (χ3n) is 3.16. The molecule has 1 aliphatic heterocycles. The van der Waals surface area contributed by atoms with Crippen LogP contribution in [0.5, 0.6) is 0 Å². The zero-order chi connectivity index (χ0) is 15.7. The quantitative estimate of drug-likeness (QED) is 0.904. The summed E-state index contributed by atoms with van der Waals surface area (Å²) in [6, 6.07) is 4.50. The molecule has 1 saturated heterocycles. The van der Waals surface area contributed by atoms with Crippen LogP contribution in [0.25, 0.3) is 0 Å². The van der Waals surface area contributed by atoms with Crippen molar-refractivity contribution in [2.45, 2.75) is 16.5 Å². The molecule has 1 heterocycles. The van der Waals surface area contributed by atoms with E-state index in [2.05, 4.69) is 0 Å². The highest BCUT2D eigenvalue weighted by Crippen LogP contribution is 2.31. The van der Waals surface area contributed by atoms with Gasteiger partial charge in [-0.25, -0.2) is 8.42 Å². The van der Waals surface area contributed by atoms with Crippen molar-refractivity contribution in [1.82, 2.24) is 0 Å². The fourth-order valence-corrected chi connectivity index (χ4v) is 2.80. The van der Waals surface area contributed by atoms with Crippen LogP contribution in [0.15, 0.2) is 29.2 Å². The molecule has 9 heteroatoms. The summed E-state index contributed by atoms with van der Waals surface area (Å²) >= 11 is 0. The van der Waals surface area contributed by atoms with Gasteiger partial charge in [0.05, 0.1) is 24.2 Å². The highest BCUT2D eigenvalue weighted by molar-refractivity contribution is 7.92. The van der Waals surface area contributed by atoms with Crippen molar-refractivity contribution >= 4 is 15.5 Å². The highest BCUT2D eigenvalue weighted by atomic mass is 32.2. The van der Waals surface area contributed by atoms with E-state index in [9.17, 15) is 21.6 Å². The Balaban J connectivity index is 2.20. The number of rotatable bonds is 3. The fourth-order valence-electron chi connectivity index (χ4n) is 2.03. The molecule has 0 aliphatic carbocycles. The van der Waals surface area contributed by atoms with Gasteiger partial charge in [0, 0.05) is 18.8 Å². The molecule has 1 unspecified atom stereocenters. The average molecular weight is 325 g/mol. The number of anilines is 1. The Morgan fingerprint density at radius 2 is 1.90 bits per heavy atom. The third-order valence-corrected chi connectivity index (χ3v) is 4.66. The first-order valence-corrected chi connectivity index (χ1v) is 7.63. The first-order valence-electron chi connectivity index (χ1n) is 6.14. The van der Waals surface area contributed by atoms with Crippen molar-refractivity contribution in [2.24, 2.45) is 0 Å². The fraction of sp³-hybridized carbons (Fsp3) is 0.500. The molecule has 21 heavy (non-hydrogen) atoms. The third kappa shape index (κ3) is 3.30. The molecule has 1 aromatic carbocycles. The van der Waals surface area contributed by atoms with Gasteiger partial charge in [0.2, 0.25) is 0 Å². The number of nitrogens with zero attached hydrogens (tertiary/aromatic N) is 1. The lowest BCUT2D eigenvalue weighted by molar-refractivity contribution is -0.0436. The number of benzene rings is 1. The van der Waals surface area contributed by atoms with Crippen molar-refractivity contribution in [1.29, 1.82) is 0 Å². The largest absolute Gasteiger partial charge is 0.501 e. The van der Waals surface area contributed by atoms with E-state index in [1.54, 1.807) is 0 Å². The zero-order valence-corrected chi connectivity index (χ0v) is 11.7. The Morgan fingerprint density at radius 1 is 1.29 bits per heavy atom. The minimum Gasteiger partial charge on any atom is -0.394 e. The van der Waals surface area contributed by atoms with Crippen LogP contribution < -0.4 is 4.90 Å². The Hall–Kier alpha value is -1.32. The van der Waals surface area contributed by atoms with E-state index in [0.717, 1.165) is 12.1 Å². The molecule has 1 N–H and O–H groups in total.